The number of nitrogens with two attached hydrogens (primary N) is 1. The van der Waals surface area contributed by atoms with Gasteiger partial charge in [-0.15, -0.1) is 0 Å². The van der Waals surface area contributed by atoms with Gasteiger partial charge in [-0.2, -0.15) is 0 Å². The Hall–Kier alpha value is -1.16. The summed E-state index contributed by atoms with van der Waals surface area (Å²) in [5, 5.41) is 0. The molecule has 0 saturated carbocycles. The monoisotopic (exact) mass is 254 g/mol. The van der Waals surface area contributed by atoms with E-state index in [1.54, 1.807) is 0 Å². The van der Waals surface area contributed by atoms with E-state index in [1.165, 1.54) is 12.1 Å². The predicted molar refractivity (Wildman–Crippen MR) is 74.9 cm³/mol. The fraction of sp³-hybridized carbons (Fsp3) is 0.462. The minimum absolute atomic E-state index is 0.196. The summed E-state index contributed by atoms with van der Waals surface area (Å²) in [4.78, 5) is 2.80. The molecule has 0 spiro atoms. The van der Waals surface area contributed by atoms with Gasteiger partial charge in [0.15, 0.2) is 0 Å². The van der Waals surface area contributed by atoms with Crippen molar-refractivity contribution < 1.29 is 4.39 Å². The van der Waals surface area contributed by atoms with Crippen molar-refractivity contribution in [2.75, 3.05) is 18.0 Å². The maximum Gasteiger partial charge on any atom is 0.123 e. The van der Waals surface area contributed by atoms with Gasteiger partial charge in [0.2, 0.25) is 0 Å². The van der Waals surface area contributed by atoms with Crippen molar-refractivity contribution >= 4 is 22.9 Å². The normalized spacial score (nSPS) is 10.2. The van der Waals surface area contributed by atoms with Crippen LogP contribution in [0.4, 0.5) is 10.1 Å². The van der Waals surface area contributed by atoms with Crippen LogP contribution in [0.15, 0.2) is 24.3 Å². The second-order valence-corrected chi connectivity index (χ2v) is 4.50. The molecule has 0 fully saturated rings. The molecule has 0 atom stereocenters. The molecule has 4 heteroatoms. The first-order chi connectivity index (χ1) is 8.13. The first kappa shape index (κ1) is 13.9. The van der Waals surface area contributed by atoms with Crippen molar-refractivity contribution in [1.29, 1.82) is 0 Å². The first-order valence-corrected chi connectivity index (χ1v) is 6.33. The van der Waals surface area contributed by atoms with Crippen molar-refractivity contribution in [2.45, 2.75) is 26.2 Å². The summed E-state index contributed by atoms with van der Waals surface area (Å²) in [5.74, 6) is -0.196. The van der Waals surface area contributed by atoms with E-state index in [0.29, 0.717) is 4.99 Å². The molecule has 0 saturated heterocycles. The van der Waals surface area contributed by atoms with Crippen LogP contribution in [0.5, 0.6) is 0 Å². The number of nitrogens with zero attached hydrogens (tertiary/aromatic N) is 1. The summed E-state index contributed by atoms with van der Waals surface area (Å²) in [6.07, 6.45) is 2.85. The molecule has 0 amide bonds. The largest absolute Gasteiger partial charge is 0.393 e. The number of anilines is 1. The van der Waals surface area contributed by atoms with E-state index in [-0.39, 0.29) is 5.82 Å². The van der Waals surface area contributed by atoms with E-state index < -0.39 is 0 Å². The highest BCUT2D eigenvalue weighted by Gasteiger charge is 2.03. The lowest BCUT2D eigenvalue weighted by molar-refractivity contribution is 0.627. The van der Waals surface area contributed by atoms with Crippen LogP contribution in [-0.4, -0.2) is 18.1 Å². The van der Waals surface area contributed by atoms with Crippen molar-refractivity contribution in [2.24, 2.45) is 5.73 Å². The van der Waals surface area contributed by atoms with Gasteiger partial charge in [-0.1, -0.05) is 12.2 Å². The SMILES string of the molecule is CCN(CCCCC(N)=S)c1ccc(F)cc1. The summed E-state index contributed by atoms with van der Waals surface area (Å²) < 4.78 is 12.8. The minimum atomic E-state index is -0.196. The van der Waals surface area contributed by atoms with Gasteiger partial charge in [0.1, 0.15) is 5.82 Å². The summed E-state index contributed by atoms with van der Waals surface area (Å²) in [5.41, 5.74) is 6.51. The second-order valence-electron chi connectivity index (χ2n) is 3.98. The molecule has 0 aliphatic rings. The topological polar surface area (TPSA) is 29.3 Å². The highest BCUT2D eigenvalue weighted by atomic mass is 32.1. The number of rotatable bonds is 7. The van der Waals surface area contributed by atoms with Gasteiger partial charge in [-0.25, -0.2) is 4.39 Å². The molecule has 0 aromatic heterocycles. The van der Waals surface area contributed by atoms with Gasteiger partial charge < -0.3 is 10.6 Å². The standard InChI is InChI=1S/C13H19FN2S/c1-2-16(10-4-3-5-13(15)17)12-8-6-11(14)7-9-12/h6-9H,2-5,10H2,1H3,(H2,15,17). The van der Waals surface area contributed by atoms with E-state index in [0.717, 1.165) is 38.0 Å². The molecule has 1 aromatic carbocycles. The number of halogens is 1. The van der Waals surface area contributed by atoms with Crippen molar-refractivity contribution in [3.63, 3.8) is 0 Å². The van der Waals surface area contributed by atoms with Crippen LogP contribution in [0.1, 0.15) is 26.2 Å². The van der Waals surface area contributed by atoms with Gasteiger partial charge in [-0.05, 0) is 50.5 Å². The Morgan fingerprint density at radius 2 is 1.94 bits per heavy atom. The second kappa shape index (κ2) is 7.22. The average molecular weight is 254 g/mol. The zero-order chi connectivity index (χ0) is 12.7. The average Bonchev–Trinajstić information content (AvgIpc) is 2.30. The quantitative estimate of drug-likeness (QED) is 0.599. The number of unbranched alkanes of at least 4 members (excludes halogenated alkanes) is 1. The molecule has 0 aliphatic heterocycles. The maximum absolute atomic E-state index is 12.8. The number of hydrogen-bond acceptors (Lipinski definition) is 2. The van der Waals surface area contributed by atoms with E-state index in [4.69, 9.17) is 18.0 Å². The number of thiocarbonyl (C=S) groups is 1. The highest BCUT2D eigenvalue weighted by molar-refractivity contribution is 7.80. The zero-order valence-electron chi connectivity index (χ0n) is 10.2. The minimum Gasteiger partial charge on any atom is -0.393 e. The molecular formula is C13H19FN2S. The molecule has 0 unspecified atom stereocenters. The van der Waals surface area contributed by atoms with Crippen LogP contribution in [0.2, 0.25) is 0 Å². The Labute approximate surface area is 108 Å². The molecule has 1 rings (SSSR count). The van der Waals surface area contributed by atoms with E-state index in [9.17, 15) is 4.39 Å². The van der Waals surface area contributed by atoms with Gasteiger partial charge in [0.25, 0.3) is 0 Å². The third-order valence-corrected chi connectivity index (χ3v) is 2.88. The highest BCUT2D eigenvalue weighted by Crippen LogP contribution is 2.15. The zero-order valence-corrected chi connectivity index (χ0v) is 11.0. The van der Waals surface area contributed by atoms with Crippen molar-refractivity contribution in [1.82, 2.24) is 0 Å². The third-order valence-electron chi connectivity index (χ3n) is 2.67. The molecular weight excluding hydrogens is 235 g/mol. The molecule has 0 radical (unpaired) electrons. The fourth-order valence-electron chi connectivity index (χ4n) is 1.72. The Balaban J connectivity index is 2.43. The van der Waals surface area contributed by atoms with Gasteiger partial charge >= 0.3 is 0 Å². The van der Waals surface area contributed by atoms with Crippen LogP contribution in [-0.2, 0) is 0 Å². The molecule has 2 N–H and O–H groups in total. The Morgan fingerprint density at radius 1 is 1.29 bits per heavy atom. The lowest BCUT2D eigenvalue weighted by Gasteiger charge is -2.23. The molecule has 0 aliphatic carbocycles. The summed E-state index contributed by atoms with van der Waals surface area (Å²) >= 11 is 4.83. The van der Waals surface area contributed by atoms with E-state index >= 15 is 0 Å². The van der Waals surface area contributed by atoms with Crippen LogP contribution < -0.4 is 10.6 Å². The lowest BCUT2D eigenvalue weighted by Crippen LogP contribution is -2.24. The van der Waals surface area contributed by atoms with Crippen LogP contribution in [0.25, 0.3) is 0 Å². The molecule has 94 valence electrons. The molecule has 2 nitrogen and oxygen atoms in total. The van der Waals surface area contributed by atoms with Gasteiger partial charge in [0, 0.05) is 18.8 Å². The van der Waals surface area contributed by atoms with E-state index in [2.05, 4.69) is 11.8 Å². The van der Waals surface area contributed by atoms with Crippen molar-refractivity contribution in [3.8, 4) is 0 Å². The molecule has 0 bridgehead atoms. The first-order valence-electron chi connectivity index (χ1n) is 5.92. The Kier molecular flexibility index (Phi) is 5.91. The molecule has 1 aromatic rings. The predicted octanol–water partition coefficient (Wildman–Crippen LogP) is 3.11. The van der Waals surface area contributed by atoms with Gasteiger partial charge in [-0.3, -0.25) is 0 Å². The van der Waals surface area contributed by atoms with Crippen LogP contribution >= 0.6 is 12.2 Å². The fourth-order valence-corrected chi connectivity index (χ4v) is 1.87. The van der Waals surface area contributed by atoms with E-state index in [1.807, 2.05) is 12.1 Å². The van der Waals surface area contributed by atoms with Crippen LogP contribution in [0, 0.1) is 5.82 Å². The summed E-state index contributed by atoms with van der Waals surface area (Å²) in [6, 6.07) is 6.61. The third kappa shape index (κ3) is 5.13. The van der Waals surface area contributed by atoms with Gasteiger partial charge in [0.05, 0.1) is 4.99 Å². The lowest BCUT2D eigenvalue weighted by atomic mass is 10.2. The Bertz CT molecular complexity index is 351. The maximum atomic E-state index is 12.8. The summed E-state index contributed by atoms with van der Waals surface area (Å²) in [7, 11) is 0. The molecule has 17 heavy (non-hydrogen) atoms. The smallest absolute Gasteiger partial charge is 0.123 e. The molecule has 0 heterocycles. The van der Waals surface area contributed by atoms with Crippen molar-refractivity contribution in [3.05, 3.63) is 30.1 Å². The number of benzene rings is 1. The number of hydrogen-bond donors (Lipinski definition) is 1. The van der Waals surface area contributed by atoms with Crippen LogP contribution in [0.3, 0.4) is 0 Å². The Morgan fingerprint density at radius 3 is 2.47 bits per heavy atom. The summed E-state index contributed by atoms with van der Waals surface area (Å²) in [6.45, 7) is 3.96.